The van der Waals surface area contributed by atoms with E-state index < -0.39 is 6.09 Å². The van der Waals surface area contributed by atoms with Gasteiger partial charge in [-0.15, -0.1) is 0 Å². The second-order valence-corrected chi connectivity index (χ2v) is 6.62. The molecule has 1 N–H and O–H groups in total. The van der Waals surface area contributed by atoms with E-state index in [4.69, 9.17) is 18.9 Å². The summed E-state index contributed by atoms with van der Waals surface area (Å²) in [6.07, 6.45) is -0.521. The van der Waals surface area contributed by atoms with Crippen LogP contribution >= 0.6 is 0 Å². The zero-order chi connectivity index (χ0) is 21.5. The van der Waals surface area contributed by atoms with Crippen molar-refractivity contribution in [2.45, 2.75) is 13.5 Å². The molecule has 0 spiro atoms. The number of amides is 1. The van der Waals surface area contributed by atoms with Crippen molar-refractivity contribution >= 4 is 11.8 Å². The van der Waals surface area contributed by atoms with Gasteiger partial charge in [-0.2, -0.15) is 0 Å². The van der Waals surface area contributed by atoms with Crippen LogP contribution in [0, 0.1) is 6.92 Å². The molecule has 1 amide bonds. The Balaban J connectivity index is 1.86. The Kier molecular flexibility index (Phi) is 6.80. The molecule has 3 rings (SSSR count). The van der Waals surface area contributed by atoms with E-state index in [1.165, 1.54) is 0 Å². The molecule has 6 heteroatoms. The summed E-state index contributed by atoms with van der Waals surface area (Å²) < 4.78 is 21.8. The molecule has 0 heterocycles. The first-order chi connectivity index (χ1) is 14.5. The summed E-state index contributed by atoms with van der Waals surface area (Å²) in [5.74, 6) is 1.84. The quantitative estimate of drug-likeness (QED) is 0.565. The average Bonchev–Trinajstić information content (AvgIpc) is 2.79. The van der Waals surface area contributed by atoms with E-state index in [1.54, 1.807) is 33.5 Å². The van der Waals surface area contributed by atoms with E-state index in [9.17, 15) is 4.79 Å². The Morgan fingerprint density at radius 1 is 0.867 bits per heavy atom. The summed E-state index contributed by atoms with van der Waals surface area (Å²) in [5.41, 5.74) is 4.06. The van der Waals surface area contributed by atoms with Crippen LogP contribution in [-0.2, 0) is 11.3 Å². The first kappa shape index (κ1) is 21.0. The molecule has 6 nitrogen and oxygen atoms in total. The highest BCUT2D eigenvalue weighted by atomic mass is 16.5. The van der Waals surface area contributed by atoms with Gasteiger partial charge in [-0.05, 0) is 29.7 Å². The lowest BCUT2D eigenvalue weighted by atomic mass is 10.0. The Bertz CT molecular complexity index is 992. The molecule has 3 aromatic carbocycles. The van der Waals surface area contributed by atoms with E-state index in [1.807, 2.05) is 55.5 Å². The number of methoxy groups -OCH3 is 3. The minimum absolute atomic E-state index is 0.200. The Hall–Kier alpha value is -3.67. The summed E-state index contributed by atoms with van der Waals surface area (Å²) in [4.78, 5) is 12.3. The highest BCUT2D eigenvalue weighted by Gasteiger charge is 2.17. The molecule has 0 saturated carbocycles. The second kappa shape index (κ2) is 9.69. The molecule has 0 fully saturated rings. The molecule has 0 aliphatic heterocycles. The van der Waals surface area contributed by atoms with Crippen LogP contribution in [0.4, 0.5) is 10.5 Å². The molecule has 0 aromatic heterocycles. The summed E-state index contributed by atoms with van der Waals surface area (Å²) in [6.45, 7) is 2.12. The molecule has 0 radical (unpaired) electrons. The molecule has 0 saturated heterocycles. The van der Waals surface area contributed by atoms with Crippen LogP contribution < -0.4 is 19.5 Å². The fraction of sp³-hybridized carbons (Fsp3) is 0.208. The molecule has 0 unspecified atom stereocenters. The lowest BCUT2D eigenvalue weighted by Crippen LogP contribution is -2.14. The van der Waals surface area contributed by atoms with Crippen molar-refractivity contribution in [1.82, 2.24) is 0 Å². The molecule has 0 aliphatic rings. The van der Waals surface area contributed by atoms with E-state index >= 15 is 0 Å². The van der Waals surface area contributed by atoms with Gasteiger partial charge in [-0.1, -0.05) is 42.5 Å². The number of anilines is 1. The van der Waals surface area contributed by atoms with Crippen LogP contribution in [-0.4, -0.2) is 27.4 Å². The van der Waals surface area contributed by atoms with Gasteiger partial charge in [0.2, 0.25) is 0 Å². The van der Waals surface area contributed by atoms with Crippen LogP contribution in [0.15, 0.2) is 60.7 Å². The number of hydrogen-bond donors (Lipinski definition) is 1. The van der Waals surface area contributed by atoms with Gasteiger partial charge in [0.05, 0.1) is 26.9 Å². The number of rotatable bonds is 7. The third-order valence-electron chi connectivity index (χ3n) is 4.69. The van der Waals surface area contributed by atoms with E-state index in [2.05, 4.69) is 5.32 Å². The summed E-state index contributed by atoms with van der Waals surface area (Å²) >= 11 is 0. The predicted octanol–water partition coefficient (Wildman–Crippen LogP) is 5.44. The van der Waals surface area contributed by atoms with E-state index in [0.717, 1.165) is 22.3 Å². The number of nitrogens with one attached hydrogen (secondary N) is 1. The number of carbonyl (C=O) groups excluding carboxylic acids is 1. The van der Waals surface area contributed by atoms with Gasteiger partial charge in [-0.25, -0.2) is 4.79 Å². The minimum Gasteiger partial charge on any atom is -0.496 e. The number of carbonyl (C=O) groups is 1. The fourth-order valence-electron chi connectivity index (χ4n) is 3.07. The first-order valence-corrected chi connectivity index (χ1v) is 9.44. The lowest BCUT2D eigenvalue weighted by molar-refractivity contribution is 0.155. The summed E-state index contributed by atoms with van der Waals surface area (Å²) in [6, 6.07) is 18.8. The molecular weight excluding hydrogens is 382 g/mol. The zero-order valence-electron chi connectivity index (χ0n) is 17.5. The summed E-state index contributed by atoms with van der Waals surface area (Å²) in [7, 11) is 4.76. The zero-order valence-corrected chi connectivity index (χ0v) is 17.5. The Morgan fingerprint density at radius 2 is 1.53 bits per heavy atom. The van der Waals surface area contributed by atoms with E-state index in [-0.39, 0.29) is 6.61 Å². The molecule has 3 aromatic rings. The third kappa shape index (κ3) is 4.84. The third-order valence-corrected chi connectivity index (χ3v) is 4.69. The number of aryl methyl sites for hydroxylation is 1. The topological polar surface area (TPSA) is 66.0 Å². The molecule has 0 atom stereocenters. The molecule has 0 bridgehead atoms. The van der Waals surface area contributed by atoms with Gasteiger partial charge in [0.1, 0.15) is 23.9 Å². The van der Waals surface area contributed by atoms with Gasteiger partial charge >= 0.3 is 6.09 Å². The van der Waals surface area contributed by atoms with Gasteiger partial charge in [0, 0.05) is 17.8 Å². The Labute approximate surface area is 176 Å². The van der Waals surface area contributed by atoms with Gasteiger partial charge < -0.3 is 18.9 Å². The molecule has 156 valence electrons. The minimum atomic E-state index is -0.521. The van der Waals surface area contributed by atoms with Crippen molar-refractivity contribution in [3.8, 4) is 28.4 Å². The molecular formula is C24H25NO5. The van der Waals surface area contributed by atoms with Crippen molar-refractivity contribution < 1.29 is 23.7 Å². The SMILES string of the molecule is COc1cc(OC)c(-c2ccc(C)c(NC(=O)OCc3ccccc3)c2)c(OC)c1. The highest BCUT2D eigenvalue weighted by molar-refractivity contribution is 5.88. The van der Waals surface area contributed by atoms with Crippen molar-refractivity contribution in [1.29, 1.82) is 0 Å². The van der Waals surface area contributed by atoms with Gasteiger partial charge in [0.25, 0.3) is 0 Å². The van der Waals surface area contributed by atoms with Crippen molar-refractivity contribution in [2.75, 3.05) is 26.6 Å². The molecule has 30 heavy (non-hydrogen) atoms. The molecule has 0 aliphatic carbocycles. The van der Waals surface area contributed by atoms with E-state index in [0.29, 0.717) is 22.9 Å². The number of benzene rings is 3. The maximum absolute atomic E-state index is 12.3. The standard InChI is InChI=1S/C24H25NO5/c1-16-10-11-18(23-21(28-3)13-19(27-2)14-22(23)29-4)12-20(16)25-24(26)30-15-17-8-6-5-7-9-17/h5-14H,15H2,1-4H3,(H,25,26). The fourth-order valence-corrected chi connectivity index (χ4v) is 3.07. The highest BCUT2D eigenvalue weighted by Crippen LogP contribution is 2.42. The van der Waals surface area contributed by atoms with Crippen LogP contribution in [0.5, 0.6) is 17.2 Å². The number of ether oxygens (including phenoxy) is 4. The first-order valence-electron chi connectivity index (χ1n) is 9.44. The van der Waals surface area contributed by atoms with Crippen LogP contribution in [0.2, 0.25) is 0 Å². The normalized spacial score (nSPS) is 10.3. The predicted molar refractivity (Wildman–Crippen MR) is 117 cm³/mol. The van der Waals surface area contributed by atoms with Crippen molar-refractivity contribution in [2.24, 2.45) is 0 Å². The second-order valence-electron chi connectivity index (χ2n) is 6.62. The number of hydrogen-bond acceptors (Lipinski definition) is 5. The largest absolute Gasteiger partial charge is 0.496 e. The van der Waals surface area contributed by atoms with Crippen molar-refractivity contribution in [3.05, 3.63) is 71.8 Å². The maximum Gasteiger partial charge on any atom is 0.411 e. The smallest absolute Gasteiger partial charge is 0.411 e. The van der Waals surface area contributed by atoms with Crippen LogP contribution in [0.3, 0.4) is 0 Å². The van der Waals surface area contributed by atoms with Crippen molar-refractivity contribution in [3.63, 3.8) is 0 Å². The van der Waals surface area contributed by atoms with Crippen LogP contribution in [0.25, 0.3) is 11.1 Å². The van der Waals surface area contributed by atoms with Gasteiger partial charge in [0.15, 0.2) is 0 Å². The lowest BCUT2D eigenvalue weighted by Gasteiger charge is -2.17. The maximum atomic E-state index is 12.3. The Morgan fingerprint density at radius 3 is 2.13 bits per heavy atom. The van der Waals surface area contributed by atoms with Crippen LogP contribution in [0.1, 0.15) is 11.1 Å². The summed E-state index contributed by atoms with van der Waals surface area (Å²) in [5, 5.41) is 2.82. The average molecular weight is 407 g/mol. The van der Waals surface area contributed by atoms with Gasteiger partial charge in [-0.3, -0.25) is 5.32 Å². The monoisotopic (exact) mass is 407 g/mol.